The van der Waals surface area contributed by atoms with Crippen LogP contribution < -0.4 is 16.4 Å². The number of primary amides is 1. The topological polar surface area (TPSA) is 128 Å². The highest BCUT2D eigenvalue weighted by Gasteiger charge is 2.32. The Labute approximate surface area is 165 Å². The first-order valence-electron chi connectivity index (χ1n) is 8.37. The second-order valence-electron chi connectivity index (χ2n) is 6.62. The summed E-state index contributed by atoms with van der Waals surface area (Å²) in [5, 5.41) is 6.21. The summed E-state index contributed by atoms with van der Waals surface area (Å²) >= 11 is 0. The molecule has 1 fully saturated rings. The zero-order chi connectivity index (χ0) is 19.2. The number of sulfone groups is 1. The van der Waals surface area contributed by atoms with E-state index in [1.165, 1.54) is 24.3 Å². The molecular formula is C17H26ClN3O5S. The van der Waals surface area contributed by atoms with Crippen LogP contribution in [0.1, 0.15) is 23.2 Å². The summed E-state index contributed by atoms with van der Waals surface area (Å²) in [5.41, 5.74) is 5.20. The fourth-order valence-corrected chi connectivity index (χ4v) is 4.18. The van der Waals surface area contributed by atoms with Gasteiger partial charge in [0.05, 0.1) is 11.5 Å². The maximum Gasteiger partial charge on any atom is 0.251 e. The van der Waals surface area contributed by atoms with E-state index < -0.39 is 21.5 Å². The molecule has 0 radical (unpaired) electrons. The van der Waals surface area contributed by atoms with Crippen molar-refractivity contribution in [1.29, 1.82) is 0 Å². The summed E-state index contributed by atoms with van der Waals surface area (Å²) in [5.74, 6) is -1.96. The van der Waals surface area contributed by atoms with Gasteiger partial charge in [-0.25, -0.2) is 8.42 Å². The molecule has 1 aliphatic rings. The minimum Gasteiger partial charge on any atom is -0.384 e. The standard InChI is InChI=1S/C17H25N3O5S.ClH/c1-25-12-17(6-8-19-9-7-17)11-20-16(22)13-2-4-14(5-3-13)26(23,24)10-15(18)21;/h2-5,19H,6-12H2,1H3,(H2,18,21)(H,20,22);1H. The van der Waals surface area contributed by atoms with E-state index in [-0.39, 0.29) is 28.6 Å². The van der Waals surface area contributed by atoms with Gasteiger partial charge in [0.1, 0.15) is 5.75 Å². The summed E-state index contributed by atoms with van der Waals surface area (Å²) in [6.07, 6.45) is 1.82. The highest BCUT2D eigenvalue weighted by molar-refractivity contribution is 7.92. The van der Waals surface area contributed by atoms with E-state index >= 15 is 0 Å². The van der Waals surface area contributed by atoms with E-state index in [9.17, 15) is 18.0 Å². The number of nitrogens with one attached hydrogen (secondary N) is 2. The number of ether oxygens (including phenoxy) is 1. The molecule has 0 saturated carbocycles. The van der Waals surface area contributed by atoms with Crippen LogP contribution in [0.2, 0.25) is 0 Å². The fourth-order valence-electron chi connectivity index (χ4n) is 3.09. The second kappa shape index (κ2) is 10.0. The van der Waals surface area contributed by atoms with Crippen molar-refractivity contribution < 1.29 is 22.7 Å². The number of nitrogens with two attached hydrogens (primary N) is 1. The van der Waals surface area contributed by atoms with Crippen LogP contribution in [0.5, 0.6) is 0 Å². The van der Waals surface area contributed by atoms with Crippen molar-refractivity contribution in [1.82, 2.24) is 10.6 Å². The van der Waals surface area contributed by atoms with Crippen molar-refractivity contribution in [3.05, 3.63) is 29.8 Å². The van der Waals surface area contributed by atoms with Gasteiger partial charge in [0, 0.05) is 24.6 Å². The van der Waals surface area contributed by atoms with Gasteiger partial charge in [-0.05, 0) is 50.2 Å². The van der Waals surface area contributed by atoms with Crippen molar-refractivity contribution in [3.63, 3.8) is 0 Å². The molecule has 2 rings (SSSR count). The lowest BCUT2D eigenvalue weighted by atomic mass is 9.79. The van der Waals surface area contributed by atoms with Gasteiger partial charge in [-0.1, -0.05) is 0 Å². The van der Waals surface area contributed by atoms with Crippen LogP contribution in [0.25, 0.3) is 0 Å². The number of carbonyl (C=O) groups is 2. The van der Waals surface area contributed by atoms with E-state index in [0.717, 1.165) is 25.9 Å². The molecule has 4 N–H and O–H groups in total. The Hall–Kier alpha value is -1.68. The molecule has 0 spiro atoms. The third-order valence-corrected chi connectivity index (χ3v) is 6.20. The van der Waals surface area contributed by atoms with E-state index in [1.54, 1.807) is 7.11 Å². The van der Waals surface area contributed by atoms with Gasteiger partial charge in [-0.2, -0.15) is 0 Å². The van der Waals surface area contributed by atoms with Gasteiger partial charge in [-0.3, -0.25) is 9.59 Å². The van der Waals surface area contributed by atoms with Crippen LogP contribution in [-0.2, 0) is 19.4 Å². The summed E-state index contributed by atoms with van der Waals surface area (Å²) in [7, 11) is -2.13. The minimum atomic E-state index is -3.78. The average Bonchev–Trinajstić information content (AvgIpc) is 2.60. The molecule has 1 aliphatic heterocycles. The van der Waals surface area contributed by atoms with Gasteiger partial charge in [-0.15, -0.1) is 12.4 Å². The smallest absolute Gasteiger partial charge is 0.251 e. The van der Waals surface area contributed by atoms with Crippen molar-refractivity contribution >= 4 is 34.1 Å². The molecule has 1 aromatic rings. The Morgan fingerprint density at radius 3 is 2.33 bits per heavy atom. The number of carbonyl (C=O) groups excluding carboxylic acids is 2. The number of halogens is 1. The van der Waals surface area contributed by atoms with Crippen LogP contribution in [0.15, 0.2) is 29.2 Å². The predicted molar refractivity (Wildman–Crippen MR) is 104 cm³/mol. The maximum absolute atomic E-state index is 12.4. The summed E-state index contributed by atoms with van der Waals surface area (Å²) in [6.45, 7) is 2.82. The molecule has 1 saturated heterocycles. The average molecular weight is 420 g/mol. The van der Waals surface area contributed by atoms with Gasteiger partial charge in [0.15, 0.2) is 9.84 Å². The summed E-state index contributed by atoms with van der Waals surface area (Å²) < 4.78 is 29.2. The molecule has 0 bridgehead atoms. The first-order valence-corrected chi connectivity index (χ1v) is 10.0. The molecule has 152 valence electrons. The number of methoxy groups -OCH3 is 1. The number of rotatable bonds is 8. The predicted octanol–water partition coefficient (Wildman–Crippen LogP) is 0.113. The molecule has 10 heteroatoms. The van der Waals surface area contributed by atoms with Crippen molar-refractivity contribution in [3.8, 4) is 0 Å². The SMILES string of the molecule is COCC1(CNC(=O)c2ccc(S(=O)(=O)CC(N)=O)cc2)CCNCC1.Cl. The zero-order valence-electron chi connectivity index (χ0n) is 15.2. The van der Waals surface area contributed by atoms with Crippen molar-refractivity contribution in [2.45, 2.75) is 17.7 Å². The van der Waals surface area contributed by atoms with Crippen LogP contribution in [-0.4, -0.2) is 59.3 Å². The van der Waals surface area contributed by atoms with Crippen LogP contribution in [0.3, 0.4) is 0 Å². The lowest BCUT2D eigenvalue weighted by Crippen LogP contribution is -2.47. The maximum atomic E-state index is 12.4. The Balaban J connectivity index is 0.00000364. The lowest BCUT2D eigenvalue weighted by molar-refractivity contribution is -0.115. The number of piperidine rings is 1. The van der Waals surface area contributed by atoms with E-state index in [2.05, 4.69) is 10.6 Å². The highest BCUT2D eigenvalue weighted by atomic mass is 35.5. The number of hydrogen-bond acceptors (Lipinski definition) is 6. The molecule has 2 amide bonds. The van der Waals surface area contributed by atoms with Crippen LogP contribution in [0.4, 0.5) is 0 Å². The van der Waals surface area contributed by atoms with Gasteiger partial charge in [0.25, 0.3) is 5.91 Å². The van der Waals surface area contributed by atoms with E-state index in [0.29, 0.717) is 18.7 Å². The van der Waals surface area contributed by atoms with Crippen molar-refractivity contribution in [2.24, 2.45) is 11.1 Å². The molecule has 8 nitrogen and oxygen atoms in total. The Morgan fingerprint density at radius 1 is 1.22 bits per heavy atom. The lowest BCUT2D eigenvalue weighted by Gasteiger charge is -2.37. The van der Waals surface area contributed by atoms with E-state index in [1.807, 2.05) is 0 Å². The monoisotopic (exact) mass is 419 g/mol. The van der Waals surface area contributed by atoms with Gasteiger partial charge >= 0.3 is 0 Å². The molecule has 1 heterocycles. The molecule has 0 unspecified atom stereocenters. The largest absolute Gasteiger partial charge is 0.384 e. The molecular weight excluding hydrogens is 394 g/mol. The number of benzene rings is 1. The van der Waals surface area contributed by atoms with Crippen molar-refractivity contribution in [2.75, 3.05) is 39.1 Å². The summed E-state index contributed by atoms with van der Waals surface area (Å²) in [6, 6.07) is 5.47. The third kappa shape index (κ3) is 6.46. The number of amides is 2. The van der Waals surface area contributed by atoms with E-state index in [4.69, 9.17) is 10.5 Å². The second-order valence-corrected chi connectivity index (χ2v) is 8.61. The zero-order valence-corrected chi connectivity index (χ0v) is 16.8. The first-order chi connectivity index (χ1) is 12.3. The summed E-state index contributed by atoms with van der Waals surface area (Å²) in [4.78, 5) is 23.2. The van der Waals surface area contributed by atoms with Gasteiger partial charge < -0.3 is 21.1 Å². The quantitative estimate of drug-likeness (QED) is 0.548. The molecule has 1 aromatic carbocycles. The molecule has 0 aromatic heterocycles. The fraction of sp³-hybridized carbons (Fsp3) is 0.529. The molecule has 0 atom stereocenters. The molecule has 0 aliphatic carbocycles. The Bertz CT molecular complexity index is 741. The van der Waals surface area contributed by atoms with Crippen LogP contribution in [0, 0.1) is 5.41 Å². The Morgan fingerprint density at radius 2 is 1.81 bits per heavy atom. The highest BCUT2D eigenvalue weighted by Crippen LogP contribution is 2.28. The molecule has 27 heavy (non-hydrogen) atoms. The third-order valence-electron chi connectivity index (χ3n) is 4.55. The van der Waals surface area contributed by atoms with Crippen LogP contribution >= 0.6 is 12.4 Å². The van der Waals surface area contributed by atoms with Gasteiger partial charge in [0.2, 0.25) is 5.91 Å². The number of hydrogen-bond donors (Lipinski definition) is 3. The Kier molecular flexibility index (Phi) is 8.67. The first kappa shape index (κ1) is 23.4. The minimum absolute atomic E-state index is 0. The normalized spacial score (nSPS) is 16.2.